The molecule has 0 aromatic heterocycles. The molecule has 7 nitrogen and oxygen atoms in total. The van der Waals surface area contributed by atoms with Gasteiger partial charge in [0.15, 0.2) is 0 Å². The smallest absolute Gasteiger partial charge is 0.264 e. The van der Waals surface area contributed by atoms with E-state index in [0.29, 0.717) is 34.3 Å². The summed E-state index contributed by atoms with van der Waals surface area (Å²) in [5.41, 5.74) is 1.84. The van der Waals surface area contributed by atoms with E-state index >= 15 is 0 Å². The zero-order valence-electron chi connectivity index (χ0n) is 23.1. The van der Waals surface area contributed by atoms with E-state index in [1.54, 1.807) is 62.4 Å². The fourth-order valence-corrected chi connectivity index (χ4v) is 6.29. The van der Waals surface area contributed by atoms with Gasteiger partial charge in [-0.25, -0.2) is 8.42 Å². The lowest BCUT2D eigenvalue weighted by Crippen LogP contribution is -2.52. The highest BCUT2D eigenvalue weighted by molar-refractivity contribution is 7.92. The van der Waals surface area contributed by atoms with E-state index in [0.717, 1.165) is 9.87 Å². The van der Waals surface area contributed by atoms with Crippen molar-refractivity contribution in [2.45, 2.75) is 57.5 Å². The molecule has 0 aliphatic rings. The van der Waals surface area contributed by atoms with Gasteiger partial charge in [-0.2, -0.15) is 0 Å². The molecule has 1 N–H and O–H groups in total. The number of sulfonamides is 1. The van der Waals surface area contributed by atoms with Gasteiger partial charge in [-0.1, -0.05) is 80.4 Å². The molecule has 214 valence electrons. The second-order valence-electron chi connectivity index (χ2n) is 9.61. The molecule has 0 aliphatic carbocycles. The van der Waals surface area contributed by atoms with Crippen molar-refractivity contribution in [3.63, 3.8) is 0 Å². The van der Waals surface area contributed by atoms with Gasteiger partial charge in [0.2, 0.25) is 11.8 Å². The van der Waals surface area contributed by atoms with E-state index in [4.69, 9.17) is 23.2 Å². The van der Waals surface area contributed by atoms with Gasteiger partial charge in [0.1, 0.15) is 12.6 Å². The third-order valence-electron chi connectivity index (χ3n) is 6.58. The number of hydrogen-bond acceptors (Lipinski definition) is 4. The van der Waals surface area contributed by atoms with Crippen LogP contribution in [0.25, 0.3) is 0 Å². The van der Waals surface area contributed by atoms with Gasteiger partial charge in [0.05, 0.1) is 10.6 Å². The molecule has 0 heterocycles. The van der Waals surface area contributed by atoms with Crippen molar-refractivity contribution in [2.75, 3.05) is 17.4 Å². The number of rotatable bonds is 12. The quantitative estimate of drug-likeness (QED) is 0.265. The Hall–Kier alpha value is -3.07. The molecule has 0 fully saturated rings. The molecule has 0 spiro atoms. The van der Waals surface area contributed by atoms with Gasteiger partial charge in [-0.05, 0) is 61.2 Å². The minimum atomic E-state index is -4.13. The maximum absolute atomic E-state index is 14.1. The van der Waals surface area contributed by atoms with Crippen LogP contribution in [0.2, 0.25) is 10.0 Å². The minimum Gasteiger partial charge on any atom is -0.355 e. The molecular weight excluding hydrogens is 569 g/mol. The number of nitrogens with zero attached hydrogens (tertiary/aromatic N) is 2. The first-order valence-electron chi connectivity index (χ1n) is 13.2. The van der Waals surface area contributed by atoms with Gasteiger partial charge in [0.25, 0.3) is 10.0 Å². The van der Waals surface area contributed by atoms with Crippen LogP contribution < -0.4 is 9.62 Å². The van der Waals surface area contributed by atoms with Crippen LogP contribution in [-0.2, 0) is 26.2 Å². The van der Waals surface area contributed by atoms with Crippen LogP contribution in [0, 0.1) is 0 Å². The first-order valence-corrected chi connectivity index (χ1v) is 15.4. The second-order valence-corrected chi connectivity index (χ2v) is 12.3. The monoisotopic (exact) mass is 603 g/mol. The number of hydrogen-bond donors (Lipinski definition) is 1. The van der Waals surface area contributed by atoms with Gasteiger partial charge in [-0.3, -0.25) is 13.9 Å². The summed E-state index contributed by atoms with van der Waals surface area (Å²) in [6, 6.07) is 19.2. The largest absolute Gasteiger partial charge is 0.355 e. The van der Waals surface area contributed by atoms with E-state index in [1.165, 1.54) is 17.0 Å². The van der Waals surface area contributed by atoms with Gasteiger partial charge in [0, 0.05) is 28.7 Å². The zero-order chi connectivity index (χ0) is 29.4. The standard InChI is InChI=1S/C30H35Cl2N3O4S/c1-5-28(30(37)33-6-2)34(19-25-26(31)13-10-14-27(25)32)29(36)20-35(23-17-15-22(16-18-23)21(3)4)40(38,39)24-11-8-7-9-12-24/h7-18,21,28H,5-6,19-20H2,1-4H3,(H,33,37). The van der Waals surface area contributed by atoms with Crippen LogP contribution in [0.5, 0.6) is 0 Å². The van der Waals surface area contributed by atoms with Crippen LogP contribution in [0.4, 0.5) is 5.69 Å². The Morgan fingerprint density at radius 3 is 2.00 bits per heavy atom. The number of nitrogens with one attached hydrogen (secondary N) is 1. The fraction of sp³-hybridized carbons (Fsp3) is 0.333. The van der Waals surface area contributed by atoms with Gasteiger partial charge >= 0.3 is 0 Å². The molecule has 1 atom stereocenters. The summed E-state index contributed by atoms with van der Waals surface area (Å²) in [7, 11) is -4.13. The Balaban J connectivity index is 2.10. The van der Waals surface area contributed by atoms with Gasteiger partial charge < -0.3 is 10.2 Å². The summed E-state index contributed by atoms with van der Waals surface area (Å²) in [5, 5.41) is 3.46. The second kappa shape index (κ2) is 14.0. The minimum absolute atomic E-state index is 0.0483. The highest BCUT2D eigenvalue weighted by Gasteiger charge is 2.34. The average Bonchev–Trinajstić information content (AvgIpc) is 2.93. The Morgan fingerprint density at radius 2 is 1.48 bits per heavy atom. The summed E-state index contributed by atoms with van der Waals surface area (Å²) in [5.74, 6) is -0.671. The molecule has 0 saturated heterocycles. The predicted octanol–water partition coefficient (Wildman–Crippen LogP) is 6.26. The first kappa shape index (κ1) is 31.5. The molecule has 3 aromatic rings. The third kappa shape index (κ3) is 7.36. The number of carbonyl (C=O) groups excluding carboxylic acids is 2. The van der Waals surface area contributed by atoms with E-state index in [-0.39, 0.29) is 23.3 Å². The van der Waals surface area contributed by atoms with Crippen LogP contribution in [0.3, 0.4) is 0 Å². The molecule has 0 radical (unpaired) electrons. The summed E-state index contributed by atoms with van der Waals surface area (Å²) in [6.45, 7) is 7.44. The number of benzene rings is 3. The molecule has 40 heavy (non-hydrogen) atoms. The number of anilines is 1. The predicted molar refractivity (Wildman–Crippen MR) is 161 cm³/mol. The Labute approximate surface area is 247 Å². The molecule has 0 bridgehead atoms. The highest BCUT2D eigenvalue weighted by Crippen LogP contribution is 2.29. The van der Waals surface area contributed by atoms with Crippen molar-refractivity contribution in [1.82, 2.24) is 10.2 Å². The lowest BCUT2D eigenvalue weighted by atomic mass is 10.0. The Morgan fingerprint density at radius 1 is 0.875 bits per heavy atom. The first-order chi connectivity index (χ1) is 19.0. The lowest BCUT2D eigenvalue weighted by Gasteiger charge is -2.33. The van der Waals surface area contributed by atoms with Crippen molar-refractivity contribution >= 4 is 50.7 Å². The molecule has 1 unspecified atom stereocenters. The summed E-state index contributed by atoms with van der Waals surface area (Å²) in [4.78, 5) is 28.5. The number of likely N-dealkylation sites (N-methyl/N-ethyl adjacent to an activating group) is 1. The summed E-state index contributed by atoms with van der Waals surface area (Å²) < 4.78 is 28.9. The van der Waals surface area contributed by atoms with Crippen molar-refractivity contribution in [1.29, 1.82) is 0 Å². The molecule has 0 aliphatic heterocycles. The van der Waals surface area contributed by atoms with Crippen molar-refractivity contribution < 1.29 is 18.0 Å². The normalized spacial score (nSPS) is 12.2. The van der Waals surface area contributed by atoms with E-state index < -0.39 is 28.5 Å². The average molecular weight is 605 g/mol. The molecule has 2 amide bonds. The molecular formula is C30H35Cl2N3O4S. The van der Waals surface area contributed by atoms with Crippen LogP contribution in [-0.4, -0.2) is 44.3 Å². The summed E-state index contributed by atoms with van der Waals surface area (Å²) in [6.07, 6.45) is 0.300. The number of halogens is 2. The van der Waals surface area contributed by atoms with E-state index in [2.05, 4.69) is 5.32 Å². The third-order valence-corrected chi connectivity index (χ3v) is 9.08. The van der Waals surface area contributed by atoms with E-state index in [9.17, 15) is 18.0 Å². The van der Waals surface area contributed by atoms with Crippen LogP contribution in [0.1, 0.15) is 51.2 Å². The van der Waals surface area contributed by atoms with E-state index in [1.807, 2.05) is 26.0 Å². The van der Waals surface area contributed by atoms with Crippen molar-refractivity contribution in [2.24, 2.45) is 0 Å². The summed E-state index contributed by atoms with van der Waals surface area (Å²) >= 11 is 12.9. The maximum atomic E-state index is 14.1. The van der Waals surface area contributed by atoms with Crippen LogP contribution in [0.15, 0.2) is 77.7 Å². The number of carbonyl (C=O) groups is 2. The fourth-order valence-electron chi connectivity index (χ4n) is 4.34. The van der Waals surface area contributed by atoms with Crippen molar-refractivity contribution in [3.05, 3.63) is 94.0 Å². The zero-order valence-corrected chi connectivity index (χ0v) is 25.4. The Bertz CT molecular complexity index is 1390. The van der Waals surface area contributed by atoms with Gasteiger partial charge in [-0.15, -0.1) is 0 Å². The van der Waals surface area contributed by atoms with Crippen LogP contribution >= 0.6 is 23.2 Å². The van der Waals surface area contributed by atoms with Crippen molar-refractivity contribution in [3.8, 4) is 0 Å². The molecule has 3 rings (SSSR count). The number of amides is 2. The maximum Gasteiger partial charge on any atom is 0.264 e. The topological polar surface area (TPSA) is 86.8 Å². The SMILES string of the molecule is CCNC(=O)C(CC)N(Cc1c(Cl)cccc1Cl)C(=O)CN(c1ccc(C(C)C)cc1)S(=O)(=O)c1ccccc1. The Kier molecular flexibility index (Phi) is 11.0. The molecule has 0 saturated carbocycles. The molecule has 3 aromatic carbocycles. The lowest BCUT2D eigenvalue weighted by molar-refractivity contribution is -0.140. The molecule has 10 heteroatoms. The highest BCUT2D eigenvalue weighted by atomic mass is 35.5.